The first-order chi connectivity index (χ1) is 13.1. The zero-order valence-electron chi connectivity index (χ0n) is 15.3. The van der Waals surface area contributed by atoms with Crippen molar-refractivity contribution in [1.82, 2.24) is 29.6 Å². The summed E-state index contributed by atoms with van der Waals surface area (Å²) in [7, 11) is 4.04. The first-order valence-corrected chi connectivity index (χ1v) is 9.91. The summed E-state index contributed by atoms with van der Waals surface area (Å²) in [6.45, 7) is 2.14. The van der Waals surface area contributed by atoms with Gasteiger partial charge >= 0.3 is 0 Å². The summed E-state index contributed by atoms with van der Waals surface area (Å²) < 4.78 is 1.78. The van der Waals surface area contributed by atoms with Crippen LogP contribution < -0.4 is 5.56 Å². The normalized spacial score (nSPS) is 16.5. The van der Waals surface area contributed by atoms with Crippen LogP contribution in [0, 0.1) is 0 Å². The number of rotatable bonds is 2. The third-order valence-corrected chi connectivity index (χ3v) is 6.36. The van der Waals surface area contributed by atoms with Crippen LogP contribution in [0.1, 0.15) is 23.8 Å². The van der Waals surface area contributed by atoms with Crippen LogP contribution in [0.25, 0.3) is 32.6 Å². The molecule has 0 saturated carbocycles. The molecule has 3 aromatic heterocycles. The first kappa shape index (κ1) is 16.6. The minimum Gasteiger partial charge on any atom is -0.306 e. The lowest BCUT2D eigenvalue weighted by atomic mass is 9.98. The van der Waals surface area contributed by atoms with Crippen molar-refractivity contribution < 1.29 is 0 Å². The average Bonchev–Trinajstić information content (AvgIpc) is 3.24. The van der Waals surface area contributed by atoms with E-state index in [0.29, 0.717) is 22.1 Å². The Hall–Kier alpha value is -2.58. The summed E-state index contributed by atoms with van der Waals surface area (Å²) in [5.41, 5.74) is 2.09. The van der Waals surface area contributed by atoms with Crippen molar-refractivity contribution >= 4 is 32.6 Å². The second-order valence-electron chi connectivity index (χ2n) is 7.27. The lowest BCUT2D eigenvalue weighted by molar-refractivity contribution is 0.255. The van der Waals surface area contributed by atoms with Gasteiger partial charge in [-0.1, -0.05) is 11.3 Å². The Bertz CT molecular complexity index is 1200. The van der Waals surface area contributed by atoms with E-state index in [9.17, 15) is 4.79 Å². The zero-order valence-corrected chi connectivity index (χ0v) is 16.1. The molecule has 1 saturated heterocycles. The molecular weight excluding hydrogens is 360 g/mol. The van der Waals surface area contributed by atoms with Gasteiger partial charge in [-0.2, -0.15) is 5.10 Å². The molecule has 0 bridgehead atoms. The highest BCUT2D eigenvalue weighted by Crippen LogP contribution is 2.32. The van der Waals surface area contributed by atoms with Gasteiger partial charge in [0, 0.05) is 30.1 Å². The predicted molar refractivity (Wildman–Crippen MR) is 107 cm³/mol. The molecule has 0 spiro atoms. The van der Waals surface area contributed by atoms with E-state index in [1.807, 2.05) is 31.4 Å². The van der Waals surface area contributed by atoms with E-state index in [2.05, 4.69) is 27.0 Å². The molecule has 1 aromatic carbocycles. The van der Waals surface area contributed by atoms with E-state index < -0.39 is 0 Å². The number of hydrogen-bond acceptors (Lipinski definition) is 6. The Morgan fingerprint density at radius 2 is 2.00 bits per heavy atom. The largest absolute Gasteiger partial charge is 0.306 e. The summed E-state index contributed by atoms with van der Waals surface area (Å²) in [4.78, 5) is 27.9. The maximum Gasteiger partial charge on any atom is 0.278 e. The van der Waals surface area contributed by atoms with Gasteiger partial charge in [0.05, 0.1) is 10.5 Å². The number of nitrogens with zero attached hydrogens (tertiary/aromatic N) is 5. The molecule has 1 fully saturated rings. The van der Waals surface area contributed by atoms with Gasteiger partial charge in [0.1, 0.15) is 5.82 Å². The molecule has 0 atom stereocenters. The van der Waals surface area contributed by atoms with E-state index >= 15 is 0 Å². The maximum absolute atomic E-state index is 12.6. The standard InChI is InChI=1S/C19H20N6OS/c1-24-7-5-11(6-8-24)18-20-15-17(26)21-16(22-19(15)27-18)12-3-4-14-13(9-12)10-25(2)23-14/h3-4,9-11H,5-8H2,1-2H3,(H,21,22,26). The second-order valence-corrected chi connectivity index (χ2v) is 8.28. The van der Waals surface area contributed by atoms with Crippen LogP contribution in [0.2, 0.25) is 0 Å². The van der Waals surface area contributed by atoms with Crippen molar-refractivity contribution in [2.24, 2.45) is 7.05 Å². The van der Waals surface area contributed by atoms with E-state index in [1.165, 1.54) is 0 Å². The number of benzene rings is 1. The van der Waals surface area contributed by atoms with Crippen LogP contribution in [0.3, 0.4) is 0 Å². The van der Waals surface area contributed by atoms with Gasteiger partial charge in [-0.05, 0) is 51.2 Å². The van der Waals surface area contributed by atoms with E-state index in [1.54, 1.807) is 16.0 Å². The molecule has 8 heteroatoms. The quantitative estimate of drug-likeness (QED) is 0.578. The molecule has 5 rings (SSSR count). The molecule has 1 aliphatic rings. The fraction of sp³-hybridized carbons (Fsp3) is 0.368. The Morgan fingerprint density at radius 1 is 1.19 bits per heavy atom. The molecular formula is C19H20N6OS. The zero-order chi connectivity index (χ0) is 18.5. The Balaban J connectivity index is 1.56. The van der Waals surface area contributed by atoms with Gasteiger partial charge in [-0.15, -0.1) is 0 Å². The second kappa shape index (κ2) is 6.24. The molecule has 4 aromatic rings. The maximum atomic E-state index is 12.6. The van der Waals surface area contributed by atoms with Crippen molar-refractivity contribution in [2.75, 3.05) is 20.1 Å². The van der Waals surface area contributed by atoms with Gasteiger partial charge in [-0.3, -0.25) is 9.48 Å². The number of hydrogen-bond donors (Lipinski definition) is 1. The number of nitrogens with one attached hydrogen (secondary N) is 1. The smallest absolute Gasteiger partial charge is 0.278 e. The highest BCUT2D eigenvalue weighted by atomic mass is 32.1. The highest BCUT2D eigenvalue weighted by molar-refractivity contribution is 7.18. The predicted octanol–water partition coefficient (Wildman–Crippen LogP) is 2.74. The first-order valence-electron chi connectivity index (χ1n) is 9.10. The van der Waals surface area contributed by atoms with Crippen LogP contribution in [-0.2, 0) is 7.05 Å². The topological polar surface area (TPSA) is 79.7 Å². The van der Waals surface area contributed by atoms with Crippen LogP contribution >= 0.6 is 11.3 Å². The number of H-pyrrole nitrogens is 1. The van der Waals surface area contributed by atoms with Gasteiger partial charge < -0.3 is 9.88 Å². The van der Waals surface area contributed by atoms with Gasteiger partial charge in [-0.25, -0.2) is 9.97 Å². The number of piperidine rings is 1. The molecule has 1 aliphatic heterocycles. The SMILES string of the molecule is CN1CCC(c2nc3c(=O)[nH]c(-c4ccc5nn(C)cc5c4)nc3s2)CC1. The summed E-state index contributed by atoms with van der Waals surface area (Å²) in [6, 6.07) is 5.90. The van der Waals surface area contributed by atoms with Crippen LogP contribution in [0.4, 0.5) is 0 Å². The molecule has 1 N–H and O–H groups in total. The number of aryl methyl sites for hydroxylation is 1. The fourth-order valence-corrected chi connectivity index (χ4v) is 4.82. The van der Waals surface area contributed by atoms with Crippen molar-refractivity contribution in [2.45, 2.75) is 18.8 Å². The number of fused-ring (bicyclic) bond motifs is 2. The number of thiazole rings is 1. The number of aromatic amines is 1. The lowest BCUT2D eigenvalue weighted by Crippen LogP contribution is -2.29. The van der Waals surface area contributed by atoms with Gasteiger partial charge in [0.15, 0.2) is 10.3 Å². The van der Waals surface area contributed by atoms with E-state index in [0.717, 1.165) is 47.4 Å². The third-order valence-electron chi connectivity index (χ3n) is 5.25. The summed E-state index contributed by atoms with van der Waals surface area (Å²) in [5, 5.41) is 6.45. The molecule has 138 valence electrons. The molecule has 0 aliphatic carbocycles. The number of aromatic nitrogens is 5. The Labute approximate surface area is 159 Å². The summed E-state index contributed by atoms with van der Waals surface area (Å²) in [6.07, 6.45) is 4.12. The summed E-state index contributed by atoms with van der Waals surface area (Å²) >= 11 is 1.56. The molecule has 0 radical (unpaired) electrons. The van der Waals surface area contributed by atoms with Gasteiger partial charge in [0.25, 0.3) is 5.56 Å². The molecule has 7 nitrogen and oxygen atoms in total. The van der Waals surface area contributed by atoms with Gasteiger partial charge in [0.2, 0.25) is 0 Å². The van der Waals surface area contributed by atoms with E-state index in [4.69, 9.17) is 4.98 Å². The van der Waals surface area contributed by atoms with E-state index in [-0.39, 0.29) is 5.56 Å². The van der Waals surface area contributed by atoms with Crippen LogP contribution in [0.15, 0.2) is 29.2 Å². The fourth-order valence-electron chi connectivity index (χ4n) is 3.71. The van der Waals surface area contributed by atoms with Crippen LogP contribution in [0.5, 0.6) is 0 Å². The Morgan fingerprint density at radius 3 is 2.81 bits per heavy atom. The summed E-state index contributed by atoms with van der Waals surface area (Å²) in [5.74, 6) is 1.01. The highest BCUT2D eigenvalue weighted by Gasteiger charge is 2.23. The molecule has 27 heavy (non-hydrogen) atoms. The van der Waals surface area contributed by atoms with Crippen molar-refractivity contribution in [3.05, 3.63) is 39.8 Å². The Kier molecular flexibility index (Phi) is 3.84. The monoisotopic (exact) mass is 380 g/mol. The molecule has 4 heterocycles. The van der Waals surface area contributed by atoms with Crippen molar-refractivity contribution in [3.8, 4) is 11.4 Å². The number of likely N-dealkylation sites (tertiary alicyclic amines) is 1. The van der Waals surface area contributed by atoms with Crippen molar-refractivity contribution in [1.29, 1.82) is 0 Å². The minimum absolute atomic E-state index is 0.170. The third kappa shape index (κ3) is 2.94. The van der Waals surface area contributed by atoms with Crippen LogP contribution in [-0.4, -0.2) is 49.8 Å². The minimum atomic E-state index is -0.170. The average molecular weight is 380 g/mol. The van der Waals surface area contributed by atoms with Crippen molar-refractivity contribution in [3.63, 3.8) is 0 Å². The molecule has 0 amide bonds. The lowest BCUT2D eigenvalue weighted by Gasteiger charge is -2.27. The molecule has 0 unspecified atom stereocenters.